The molecule has 0 amide bonds. The average Bonchev–Trinajstić information content (AvgIpc) is 2.79. The Bertz CT molecular complexity index is 825. The number of carboxylic acids is 1. The lowest BCUT2D eigenvalue weighted by atomic mass is 10.2. The third-order valence-electron chi connectivity index (χ3n) is 3.02. The number of rotatable bonds is 3. The first-order valence-electron chi connectivity index (χ1n) is 6.38. The second kappa shape index (κ2) is 5.14. The molecule has 5 nitrogen and oxygen atoms in total. The summed E-state index contributed by atoms with van der Waals surface area (Å²) in [5.74, 6) is 0.509. The van der Waals surface area contributed by atoms with Crippen molar-refractivity contribution in [2.45, 2.75) is 13.8 Å². The van der Waals surface area contributed by atoms with Crippen LogP contribution in [0.25, 0.3) is 10.2 Å². The van der Waals surface area contributed by atoms with Crippen LogP contribution in [0.1, 0.15) is 21.1 Å². The van der Waals surface area contributed by atoms with Crippen LogP contribution in [0.4, 0.5) is 11.5 Å². The van der Waals surface area contributed by atoms with Gasteiger partial charge in [0.25, 0.3) is 0 Å². The molecule has 0 aliphatic carbocycles. The zero-order valence-corrected chi connectivity index (χ0v) is 12.4. The lowest BCUT2D eigenvalue weighted by Crippen LogP contribution is -1.99. The van der Waals surface area contributed by atoms with Crippen LogP contribution in [0, 0.1) is 13.8 Å². The predicted molar refractivity (Wildman–Crippen MR) is 83.6 cm³/mol. The number of thiophene rings is 1. The van der Waals surface area contributed by atoms with Crippen LogP contribution in [0.3, 0.4) is 0 Å². The van der Waals surface area contributed by atoms with Gasteiger partial charge in [-0.3, -0.25) is 0 Å². The predicted octanol–water partition coefficient (Wildman–Crippen LogP) is 3.75. The van der Waals surface area contributed by atoms with Crippen LogP contribution in [-0.4, -0.2) is 21.0 Å². The van der Waals surface area contributed by atoms with Crippen molar-refractivity contribution in [3.05, 3.63) is 46.6 Å². The van der Waals surface area contributed by atoms with Crippen LogP contribution in [0.2, 0.25) is 0 Å². The van der Waals surface area contributed by atoms with Gasteiger partial charge >= 0.3 is 5.97 Å². The molecule has 0 saturated carbocycles. The summed E-state index contributed by atoms with van der Waals surface area (Å²) in [4.78, 5) is 21.8. The minimum Gasteiger partial charge on any atom is -0.478 e. The smallest absolute Gasteiger partial charge is 0.335 e. The Kier molecular flexibility index (Phi) is 3.31. The summed E-state index contributed by atoms with van der Waals surface area (Å²) in [6.07, 6.45) is 0. The van der Waals surface area contributed by atoms with Gasteiger partial charge in [0.15, 0.2) is 0 Å². The minimum atomic E-state index is -0.935. The Labute approximate surface area is 125 Å². The number of aromatic nitrogens is 2. The Balaban J connectivity index is 1.99. The number of hydrogen-bond donors (Lipinski definition) is 2. The molecule has 2 N–H and O–H groups in total. The first-order valence-corrected chi connectivity index (χ1v) is 7.20. The van der Waals surface area contributed by atoms with Gasteiger partial charge in [-0.1, -0.05) is 0 Å². The van der Waals surface area contributed by atoms with Crippen LogP contribution < -0.4 is 5.32 Å². The van der Waals surface area contributed by atoms with Crippen molar-refractivity contribution in [3.8, 4) is 0 Å². The van der Waals surface area contributed by atoms with E-state index in [-0.39, 0.29) is 5.56 Å². The number of benzene rings is 1. The molecule has 2 heterocycles. The second-order valence-electron chi connectivity index (χ2n) is 4.70. The number of fused-ring (bicyclic) bond motifs is 1. The van der Waals surface area contributed by atoms with Gasteiger partial charge in [-0.05, 0) is 44.2 Å². The molecule has 2 aromatic heterocycles. The monoisotopic (exact) mass is 299 g/mol. The molecule has 0 saturated heterocycles. The standard InChI is InChI=1S/C15H13N3O2S/c1-8-7-12-13(16-9(2)17-14(12)21-8)18-11-5-3-10(4-6-11)15(19)20/h3-7H,1-2H3,(H,19,20)(H,16,17,18). The van der Waals surface area contributed by atoms with E-state index in [1.807, 2.05) is 19.9 Å². The molecule has 1 aromatic carbocycles. The third-order valence-corrected chi connectivity index (χ3v) is 3.97. The summed E-state index contributed by atoms with van der Waals surface area (Å²) in [7, 11) is 0. The molecule has 3 rings (SSSR count). The summed E-state index contributed by atoms with van der Waals surface area (Å²) >= 11 is 1.63. The van der Waals surface area contributed by atoms with E-state index >= 15 is 0 Å². The van der Waals surface area contributed by atoms with Crippen LogP contribution in [0.15, 0.2) is 30.3 Å². The maximum absolute atomic E-state index is 10.9. The van der Waals surface area contributed by atoms with Crippen molar-refractivity contribution < 1.29 is 9.90 Å². The molecule has 106 valence electrons. The van der Waals surface area contributed by atoms with E-state index in [1.54, 1.807) is 35.6 Å². The van der Waals surface area contributed by atoms with E-state index in [1.165, 1.54) is 4.88 Å². The van der Waals surface area contributed by atoms with Gasteiger partial charge in [0, 0.05) is 10.6 Å². The van der Waals surface area contributed by atoms with Crippen molar-refractivity contribution in [3.63, 3.8) is 0 Å². The molecule has 0 unspecified atom stereocenters. The topological polar surface area (TPSA) is 75.1 Å². The lowest BCUT2D eigenvalue weighted by Gasteiger charge is -2.07. The van der Waals surface area contributed by atoms with E-state index < -0.39 is 5.97 Å². The SMILES string of the molecule is Cc1nc(Nc2ccc(C(=O)O)cc2)c2cc(C)sc2n1. The van der Waals surface area contributed by atoms with Gasteiger partial charge in [0.1, 0.15) is 16.5 Å². The molecule has 0 radical (unpaired) electrons. The Morgan fingerprint density at radius 3 is 2.57 bits per heavy atom. The Morgan fingerprint density at radius 2 is 1.90 bits per heavy atom. The van der Waals surface area contributed by atoms with Crippen molar-refractivity contribution >= 4 is 39.0 Å². The average molecular weight is 299 g/mol. The highest BCUT2D eigenvalue weighted by Gasteiger charge is 2.09. The highest BCUT2D eigenvalue weighted by atomic mass is 32.1. The highest BCUT2D eigenvalue weighted by molar-refractivity contribution is 7.18. The van der Waals surface area contributed by atoms with Gasteiger partial charge in [-0.15, -0.1) is 11.3 Å². The zero-order chi connectivity index (χ0) is 15.0. The van der Waals surface area contributed by atoms with Crippen LogP contribution in [-0.2, 0) is 0 Å². The molecule has 6 heteroatoms. The summed E-state index contributed by atoms with van der Waals surface area (Å²) in [6, 6.07) is 8.63. The number of aryl methyl sites for hydroxylation is 2. The molecule has 0 aliphatic heterocycles. The summed E-state index contributed by atoms with van der Waals surface area (Å²) in [5, 5.41) is 13.1. The van der Waals surface area contributed by atoms with Gasteiger partial charge in [-0.2, -0.15) is 0 Å². The van der Waals surface area contributed by atoms with Gasteiger partial charge in [-0.25, -0.2) is 14.8 Å². The first-order chi connectivity index (χ1) is 10.0. The number of nitrogens with zero attached hydrogens (tertiary/aromatic N) is 2. The molecule has 0 spiro atoms. The zero-order valence-electron chi connectivity index (χ0n) is 11.5. The van der Waals surface area contributed by atoms with E-state index in [0.717, 1.165) is 21.7 Å². The largest absolute Gasteiger partial charge is 0.478 e. The molecule has 0 atom stereocenters. The van der Waals surface area contributed by atoms with Gasteiger partial charge in [0.2, 0.25) is 0 Å². The Hall–Kier alpha value is -2.47. The fourth-order valence-electron chi connectivity index (χ4n) is 2.08. The summed E-state index contributed by atoms with van der Waals surface area (Å²) < 4.78 is 0. The van der Waals surface area contributed by atoms with Crippen molar-refractivity contribution in [2.75, 3.05) is 5.32 Å². The van der Waals surface area contributed by atoms with Crippen molar-refractivity contribution in [1.29, 1.82) is 0 Å². The number of nitrogens with one attached hydrogen (secondary N) is 1. The maximum atomic E-state index is 10.9. The highest BCUT2D eigenvalue weighted by Crippen LogP contribution is 2.30. The molecular formula is C15H13N3O2S. The fourth-order valence-corrected chi connectivity index (χ4v) is 3.00. The van der Waals surface area contributed by atoms with Crippen molar-refractivity contribution in [1.82, 2.24) is 9.97 Å². The number of carboxylic acid groups (broad SMARTS) is 1. The molecular weight excluding hydrogens is 286 g/mol. The second-order valence-corrected chi connectivity index (χ2v) is 5.94. The van der Waals surface area contributed by atoms with E-state index in [9.17, 15) is 4.79 Å². The van der Waals surface area contributed by atoms with E-state index in [0.29, 0.717) is 5.82 Å². The molecule has 0 fully saturated rings. The normalized spacial score (nSPS) is 10.8. The number of anilines is 2. The molecule has 0 aliphatic rings. The number of hydrogen-bond acceptors (Lipinski definition) is 5. The fraction of sp³-hybridized carbons (Fsp3) is 0.133. The van der Waals surface area contributed by atoms with E-state index in [2.05, 4.69) is 15.3 Å². The van der Waals surface area contributed by atoms with Crippen molar-refractivity contribution in [2.24, 2.45) is 0 Å². The number of aromatic carboxylic acids is 1. The van der Waals surface area contributed by atoms with Crippen LogP contribution >= 0.6 is 11.3 Å². The lowest BCUT2D eigenvalue weighted by molar-refractivity contribution is 0.0697. The van der Waals surface area contributed by atoms with Gasteiger partial charge < -0.3 is 10.4 Å². The van der Waals surface area contributed by atoms with Gasteiger partial charge in [0.05, 0.1) is 10.9 Å². The minimum absolute atomic E-state index is 0.260. The molecule has 0 bridgehead atoms. The molecule has 21 heavy (non-hydrogen) atoms. The Morgan fingerprint density at radius 1 is 1.19 bits per heavy atom. The van der Waals surface area contributed by atoms with Crippen LogP contribution in [0.5, 0.6) is 0 Å². The summed E-state index contributed by atoms with van der Waals surface area (Å²) in [5.41, 5.74) is 1.05. The maximum Gasteiger partial charge on any atom is 0.335 e. The molecule has 3 aromatic rings. The van der Waals surface area contributed by atoms with E-state index in [4.69, 9.17) is 5.11 Å². The summed E-state index contributed by atoms with van der Waals surface area (Å²) in [6.45, 7) is 3.89. The number of carbonyl (C=O) groups is 1. The third kappa shape index (κ3) is 2.71. The first kappa shape index (κ1) is 13.5. The quantitative estimate of drug-likeness (QED) is 0.770.